The smallest absolute Gasteiger partial charge is 0.204 e. The summed E-state index contributed by atoms with van der Waals surface area (Å²) in [5, 5.41) is 8.45. The molecule has 2 aliphatic carbocycles. The Bertz CT molecular complexity index is 1330. The Kier molecular flexibility index (Phi) is 4.21. The van der Waals surface area contributed by atoms with Crippen molar-refractivity contribution in [2.75, 3.05) is 19.5 Å². The molecule has 8 heteroatoms. The van der Waals surface area contributed by atoms with E-state index in [1.54, 1.807) is 37.8 Å². The van der Waals surface area contributed by atoms with Crippen LogP contribution in [0.5, 0.6) is 11.5 Å². The molecule has 2 aliphatic rings. The van der Waals surface area contributed by atoms with Gasteiger partial charge in [-0.2, -0.15) is 0 Å². The zero-order chi connectivity index (χ0) is 20.9. The largest absolute Gasteiger partial charge is 0.493 e. The number of anilines is 1. The van der Waals surface area contributed by atoms with E-state index in [0.717, 1.165) is 28.0 Å². The molecule has 0 radical (unpaired) electrons. The number of hydrogen-bond acceptors (Lipinski definition) is 8. The lowest BCUT2D eigenvalue weighted by Gasteiger charge is -2.26. The van der Waals surface area contributed by atoms with E-state index in [2.05, 4.69) is 16.5 Å². The highest BCUT2D eigenvalue weighted by atomic mass is 32.1. The maximum atomic E-state index is 5.44. The molecule has 31 heavy (non-hydrogen) atoms. The van der Waals surface area contributed by atoms with E-state index in [9.17, 15) is 0 Å². The lowest BCUT2D eigenvalue weighted by Crippen LogP contribution is -2.10. The zero-order valence-electron chi connectivity index (χ0n) is 17.1. The van der Waals surface area contributed by atoms with Gasteiger partial charge >= 0.3 is 0 Å². The molecule has 1 N–H and O–H groups in total. The summed E-state index contributed by atoms with van der Waals surface area (Å²) in [6.45, 7) is 0.593. The van der Waals surface area contributed by atoms with Gasteiger partial charge in [-0.15, -0.1) is 11.3 Å². The lowest BCUT2D eigenvalue weighted by molar-refractivity contribution is 0.354. The predicted molar refractivity (Wildman–Crippen MR) is 120 cm³/mol. The molecule has 3 aromatic heterocycles. The number of fused-ring (bicyclic) bond motifs is 6. The fraction of sp³-hybridized carbons (Fsp3) is 0.261. The lowest BCUT2D eigenvalue weighted by atomic mass is 9.80. The van der Waals surface area contributed by atoms with Gasteiger partial charge in [0.1, 0.15) is 10.6 Å². The molecule has 7 nitrogen and oxygen atoms in total. The average Bonchev–Trinajstić information content (AvgIpc) is 3.53. The second-order valence-electron chi connectivity index (χ2n) is 7.63. The van der Waals surface area contributed by atoms with Crippen LogP contribution in [0.3, 0.4) is 0 Å². The minimum Gasteiger partial charge on any atom is -0.493 e. The fourth-order valence-corrected chi connectivity index (χ4v) is 5.82. The highest BCUT2D eigenvalue weighted by molar-refractivity contribution is 7.19. The molecule has 1 atom stereocenters. The zero-order valence-corrected chi connectivity index (χ0v) is 18.0. The van der Waals surface area contributed by atoms with Crippen LogP contribution in [0.2, 0.25) is 0 Å². The first-order valence-electron chi connectivity index (χ1n) is 10.2. The van der Waals surface area contributed by atoms with E-state index in [0.29, 0.717) is 35.5 Å². The molecule has 0 bridgehead atoms. The second kappa shape index (κ2) is 7.09. The summed E-state index contributed by atoms with van der Waals surface area (Å²) in [4.78, 5) is 12.0. The SMILES string of the molecule is COc1ccc(CNc2nc(-c3ccno3)nc3sc4c(c23)C2=CCCC24)cc1OC. The van der Waals surface area contributed by atoms with Crippen molar-refractivity contribution >= 4 is 32.9 Å². The molecule has 0 saturated heterocycles. The number of allylic oxidation sites excluding steroid dienone is 2. The van der Waals surface area contributed by atoms with Gasteiger partial charge in [0.05, 0.1) is 25.8 Å². The number of aromatic nitrogens is 3. The summed E-state index contributed by atoms with van der Waals surface area (Å²) < 4.78 is 16.1. The molecule has 3 heterocycles. The van der Waals surface area contributed by atoms with E-state index < -0.39 is 0 Å². The molecule has 6 rings (SSSR count). The van der Waals surface area contributed by atoms with Crippen molar-refractivity contribution in [2.45, 2.75) is 25.3 Å². The maximum Gasteiger partial charge on any atom is 0.204 e. The Balaban J connectivity index is 1.42. The Hall–Kier alpha value is -3.39. The fourth-order valence-electron chi connectivity index (χ4n) is 4.47. The Morgan fingerprint density at radius 2 is 2.06 bits per heavy atom. The van der Waals surface area contributed by atoms with Crippen LogP contribution in [0.1, 0.15) is 34.8 Å². The molecule has 0 amide bonds. The summed E-state index contributed by atoms with van der Waals surface area (Å²) in [6.07, 6.45) is 6.32. The summed E-state index contributed by atoms with van der Waals surface area (Å²) >= 11 is 1.77. The molecule has 1 aromatic carbocycles. The van der Waals surface area contributed by atoms with Gasteiger partial charge in [0.2, 0.25) is 11.6 Å². The molecule has 0 spiro atoms. The molecule has 156 valence electrons. The summed E-state index contributed by atoms with van der Waals surface area (Å²) in [5.74, 6) is 3.90. The average molecular weight is 433 g/mol. The molecule has 0 aliphatic heterocycles. The third-order valence-corrected chi connectivity index (χ3v) is 7.14. The van der Waals surface area contributed by atoms with Crippen molar-refractivity contribution in [1.82, 2.24) is 15.1 Å². The molecule has 0 fully saturated rings. The van der Waals surface area contributed by atoms with Gasteiger partial charge in [0, 0.05) is 29.0 Å². The van der Waals surface area contributed by atoms with Crippen molar-refractivity contribution in [3.63, 3.8) is 0 Å². The topological polar surface area (TPSA) is 82.3 Å². The third-order valence-electron chi connectivity index (χ3n) is 5.95. The van der Waals surface area contributed by atoms with Crippen LogP contribution in [-0.2, 0) is 6.54 Å². The number of thiophene rings is 1. The Morgan fingerprint density at radius 1 is 1.16 bits per heavy atom. The van der Waals surface area contributed by atoms with Crippen molar-refractivity contribution in [3.8, 4) is 23.1 Å². The second-order valence-corrected chi connectivity index (χ2v) is 8.66. The van der Waals surface area contributed by atoms with Crippen LogP contribution in [0, 0.1) is 0 Å². The van der Waals surface area contributed by atoms with Gasteiger partial charge < -0.3 is 19.3 Å². The number of ether oxygens (including phenoxy) is 2. The number of hydrogen-bond donors (Lipinski definition) is 1. The summed E-state index contributed by atoms with van der Waals surface area (Å²) in [6, 6.07) is 7.69. The molecule has 0 saturated carbocycles. The number of rotatable bonds is 6. The van der Waals surface area contributed by atoms with Crippen molar-refractivity contribution in [3.05, 3.63) is 52.5 Å². The van der Waals surface area contributed by atoms with Crippen LogP contribution in [0.25, 0.3) is 27.4 Å². The Labute approximate surface area is 182 Å². The minimum absolute atomic E-state index is 0.542. The van der Waals surface area contributed by atoms with E-state index in [1.807, 2.05) is 18.2 Å². The summed E-state index contributed by atoms with van der Waals surface area (Å²) in [5.41, 5.74) is 3.84. The highest BCUT2D eigenvalue weighted by Gasteiger charge is 2.40. The van der Waals surface area contributed by atoms with Crippen LogP contribution in [-0.4, -0.2) is 29.3 Å². The number of nitrogens with zero attached hydrogens (tertiary/aromatic N) is 3. The standard InChI is InChI=1S/C23H20N4O3S/c1-28-15-7-6-12(10-17(15)29-2)11-24-22-19-18-13-4-3-5-14(13)20(18)31-23(19)27-21(26-22)16-8-9-25-30-16/h4,6-10,14H,3,5,11H2,1-2H3,(H,24,26,27). The van der Waals surface area contributed by atoms with Crippen LogP contribution < -0.4 is 14.8 Å². The minimum atomic E-state index is 0.542. The highest BCUT2D eigenvalue weighted by Crippen LogP contribution is 2.59. The van der Waals surface area contributed by atoms with Gasteiger partial charge in [-0.3, -0.25) is 0 Å². The molecular weight excluding hydrogens is 412 g/mol. The number of benzene rings is 1. The maximum absolute atomic E-state index is 5.44. The van der Waals surface area contributed by atoms with Gasteiger partial charge in [-0.05, 0) is 36.1 Å². The third kappa shape index (κ3) is 2.82. The van der Waals surface area contributed by atoms with Crippen molar-refractivity contribution < 1.29 is 14.0 Å². The van der Waals surface area contributed by atoms with Gasteiger partial charge in [0.25, 0.3) is 0 Å². The van der Waals surface area contributed by atoms with Gasteiger partial charge in [-0.1, -0.05) is 17.3 Å². The first-order chi connectivity index (χ1) is 15.3. The first-order valence-corrected chi connectivity index (χ1v) is 11.0. The van der Waals surface area contributed by atoms with Crippen molar-refractivity contribution in [2.24, 2.45) is 0 Å². The molecule has 1 unspecified atom stereocenters. The van der Waals surface area contributed by atoms with Crippen LogP contribution in [0.15, 0.2) is 41.1 Å². The quantitative estimate of drug-likeness (QED) is 0.445. The van der Waals surface area contributed by atoms with Gasteiger partial charge in [-0.25, -0.2) is 9.97 Å². The van der Waals surface area contributed by atoms with Crippen LogP contribution in [0.4, 0.5) is 5.82 Å². The predicted octanol–water partition coefficient (Wildman–Crippen LogP) is 5.25. The van der Waals surface area contributed by atoms with E-state index >= 15 is 0 Å². The number of methoxy groups -OCH3 is 2. The van der Waals surface area contributed by atoms with E-state index in [-0.39, 0.29) is 0 Å². The van der Waals surface area contributed by atoms with Crippen LogP contribution >= 0.6 is 11.3 Å². The van der Waals surface area contributed by atoms with E-state index in [1.165, 1.54) is 22.4 Å². The van der Waals surface area contributed by atoms with Crippen molar-refractivity contribution in [1.29, 1.82) is 0 Å². The monoisotopic (exact) mass is 432 g/mol. The number of nitrogens with one attached hydrogen (secondary N) is 1. The van der Waals surface area contributed by atoms with E-state index in [4.69, 9.17) is 24.0 Å². The Morgan fingerprint density at radius 3 is 2.87 bits per heavy atom. The summed E-state index contributed by atoms with van der Waals surface area (Å²) in [7, 11) is 3.28. The molecule has 4 aromatic rings. The normalized spacial score (nSPS) is 16.5. The molecular formula is C23H20N4O3S. The van der Waals surface area contributed by atoms with Gasteiger partial charge in [0.15, 0.2) is 11.5 Å². The first kappa shape index (κ1) is 18.4.